The van der Waals surface area contributed by atoms with Crippen molar-refractivity contribution >= 4 is 45.0 Å². The Morgan fingerprint density at radius 1 is 1.14 bits per heavy atom. The SMILES string of the molecule is O=C(Nc1cncc(-c2ccc3[nH]nc(-c4nc5nccc(-c6cccs6)c5[nH]4)c3c2F)c1)C1CCC1. The second-order valence-electron chi connectivity index (χ2n) is 9.12. The van der Waals surface area contributed by atoms with Crippen LogP contribution < -0.4 is 5.32 Å². The van der Waals surface area contributed by atoms with E-state index in [0.29, 0.717) is 44.9 Å². The van der Waals surface area contributed by atoms with E-state index >= 15 is 4.39 Å². The van der Waals surface area contributed by atoms with Crippen molar-refractivity contribution in [2.75, 3.05) is 5.32 Å². The second-order valence-corrected chi connectivity index (χ2v) is 10.1. The van der Waals surface area contributed by atoms with Gasteiger partial charge in [-0.3, -0.25) is 14.9 Å². The molecule has 3 N–H and O–H groups in total. The number of nitrogens with one attached hydrogen (secondary N) is 3. The van der Waals surface area contributed by atoms with E-state index < -0.39 is 5.82 Å². The van der Waals surface area contributed by atoms with Gasteiger partial charge < -0.3 is 10.3 Å². The summed E-state index contributed by atoms with van der Waals surface area (Å²) in [5.41, 5.74) is 4.66. The Hall–Kier alpha value is -4.44. The third-order valence-electron chi connectivity index (χ3n) is 6.86. The predicted molar refractivity (Wildman–Crippen MR) is 141 cm³/mol. The van der Waals surface area contributed by atoms with Gasteiger partial charge in [0.1, 0.15) is 11.5 Å². The Kier molecular flexibility index (Phi) is 5.07. The maximum Gasteiger partial charge on any atom is 0.227 e. The summed E-state index contributed by atoms with van der Waals surface area (Å²) in [7, 11) is 0. The number of H-pyrrole nitrogens is 2. The quantitative estimate of drug-likeness (QED) is 0.257. The van der Waals surface area contributed by atoms with Crippen LogP contribution in [0.1, 0.15) is 19.3 Å². The summed E-state index contributed by atoms with van der Waals surface area (Å²) in [6, 6.07) is 11.2. The van der Waals surface area contributed by atoms with E-state index in [0.717, 1.165) is 35.2 Å². The summed E-state index contributed by atoms with van der Waals surface area (Å²) in [5.74, 6) is 0.00776. The highest BCUT2D eigenvalue weighted by Crippen LogP contribution is 2.36. The highest BCUT2D eigenvalue weighted by atomic mass is 32.1. The minimum Gasteiger partial charge on any atom is -0.335 e. The smallest absolute Gasteiger partial charge is 0.227 e. The number of nitrogens with zero attached hydrogens (tertiary/aromatic N) is 4. The fraction of sp³-hybridized carbons (Fsp3) is 0.148. The lowest BCUT2D eigenvalue weighted by Crippen LogP contribution is -2.28. The van der Waals surface area contributed by atoms with Gasteiger partial charge in [-0.2, -0.15) is 5.10 Å². The molecule has 0 aliphatic heterocycles. The first-order valence-corrected chi connectivity index (χ1v) is 12.9. The number of aromatic nitrogens is 6. The van der Waals surface area contributed by atoms with Crippen molar-refractivity contribution in [1.82, 2.24) is 30.1 Å². The van der Waals surface area contributed by atoms with Crippen LogP contribution in [-0.2, 0) is 4.79 Å². The minimum atomic E-state index is -0.447. The number of fused-ring (bicyclic) bond motifs is 2. The van der Waals surface area contributed by atoms with Crippen LogP contribution in [0.2, 0.25) is 0 Å². The number of benzene rings is 1. The predicted octanol–water partition coefficient (Wildman–Crippen LogP) is 6.17. The lowest BCUT2D eigenvalue weighted by molar-refractivity contribution is -0.122. The topological polar surface area (TPSA) is 112 Å². The molecule has 0 radical (unpaired) electrons. The van der Waals surface area contributed by atoms with Gasteiger partial charge in [0.05, 0.1) is 28.3 Å². The number of imidazole rings is 1. The summed E-state index contributed by atoms with van der Waals surface area (Å²) in [4.78, 5) is 30.0. The number of anilines is 1. The Morgan fingerprint density at radius 3 is 2.86 bits per heavy atom. The second kappa shape index (κ2) is 8.59. The number of amides is 1. The maximum atomic E-state index is 16.0. The number of pyridine rings is 2. The molecule has 1 aliphatic rings. The number of rotatable bonds is 5. The molecule has 182 valence electrons. The highest BCUT2D eigenvalue weighted by molar-refractivity contribution is 7.13. The molecule has 0 bridgehead atoms. The summed E-state index contributed by atoms with van der Waals surface area (Å²) >= 11 is 1.62. The lowest BCUT2D eigenvalue weighted by Gasteiger charge is -2.24. The molecule has 0 spiro atoms. The van der Waals surface area contributed by atoms with E-state index in [1.165, 1.54) is 0 Å². The van der Waals surface area contributed by atoms with Crippen molar-refractivity contribution in [3.05, 3.63) is 66.2 Å². The first kappa shape index (κ1) is 21.8. The number of carbonyl (C=O) groups excluding carboxylic acids is 1. The third kappa shape index (κ3) is 3.68. The number of carbonyl (C=O) groups is 1. The molecular weight excluding hydrogens is 489 g/mol. The number of hydrogen-bond acceptors (Lipinski definition) is 6. The molecule has 37 heavy (non-hydrogen) atoms. The molecule has 8 nitrogen and oxygen atoms in total. The zero-order valence-electron chi connectivity index (χ0n) is 19.5. The molecule has 5 heterocycles. The molecule has 1 aliphatic carbocycles. The van der Waals surface area contributed by atoms with Crippen LogP contribution in [-0.4, -0.2) is 36.0 Å². The molecule has 1 fully saturated rings. The Labute approximate surface area is 214 Å². The van der Waals surface area contributed by atoms with Crippen LogP contribution in [0.25, 0.3) is 55.2 Å². The zero-order chi connectivity index (χ0) is 24.9. The van der Waals surface area contributed by atoms with Crippen molar-refractivity contribution in [2.24, 2.45) is 5.92 Å². The van der Waals surface area contributed by atoms with Crippen LogP contribution in [0.4, 0.5) is 10.1 Å². The van der Waals surface area contributed by atoms with Crippen LogP contribution in [0.15, 0.2) is 60.4 Å². The van der Waals surface area contributed by atoms with Gasteiger partial charge in [0, 0.05) is 39.9 Å². The van der Waals surface area contributed by atoms with Crippen molar-refractivity contribution in [1.29, 1.82) is 0 Å². The first-order valence-electron chi connectivity index (χ1n) is 12.0. The lowest BCUT2D eigenvalue weighted by atomic mass is 9.85. The van der Waals surface area contributed by atoms with Gasteiger partial charge in [-0.25, -0.2) is 14.4 Å². The third-order valence-corrected chi connectivity index (χ3v) is 7.77. The van der Waals surface area contributed by atoms with E-state index in [2.05, 4.69) is 35.5 Å². The normalized spacial score (nSPS) is 13.8. The largest absolute Gasteiger partial charge is 0.335 e. The van der Waals surface area contributed by atoms with Gasteiger partial charge in [-0.15, -0.1) is 11.3 Å². The van der Waals surface area contributed by atoms with Crippen LogP contribution in [0, 0.1) is 11.7 Å². The molecule has 6 aromatic rings. The van der Waals surface area contributed by atoms with Crippen molar-refractivity contribution in [2.45, 2.75) is 19.3 Å². The minimum absolute atomic E-state index is 0.0151. The van der Waals surface area contributed by atoms with Gasteiger partial charge in [0.15, 0.2) is 11.5 Å². The van der Waals surface area contributed by atoms with E-state index in [4.69, 9.17) is 0 Å². The molecule has 1 saturated carbocycles. The Bertz CT molecular complexity index is 1790. The van der Waals surface area contributed by atoms with E-state index in [1.807, 2.05) is 23.6 Å². The van der Waals surface area contributed by atoms with Crippen LogP contribution in [0.3, 0.4) is 0 Å². The van der Waals surface area contributed by atoms with E-state index in [-0.39, 0.29) is 11.8 Å². The molecule has 0 unspecified atom stereocenters. The van der Waals surface area contributed by atoms with Crippen molar-refractivity contribution in [3.8, 4) is 33.1 Å². The summed E-state index contributed by atoms with van der Waals surface area (Å²) in [6.45, 7) is 0. The average molecular weight is 510 g/mol. The van der Waals surface area contributed by atoms with Crippen molar-refractivity contribution in [3.63, 3.8) is 0 Å². The Morgan fingerprint density at radius 2 is 2.05 bits per heavy atom. The van der Waals surface area contributed by atoms with Crippen LogP contribution in [0.5, 0.6) is 0 Å². The molecule has 5 aromatic heterocycles. The standard InChI is InChI=1S/C27H20FN7OS/c28-22-17(15-11-16(13-29-12-15)31-27(36)14-3-1-4-14)6-7-19-21(22)24(35-34-19)26-32-23-18(20-5-2-10-37-20)8-9-30-25(23)33-26/h2,5-14H,1,3-4H2,(H,31,36)(H,34,35)(H,30,32,33). The zero-order valence-corrected chi connectivity index (χ0v) is 20.3. The summed E-state index contributed by atoms with van der Waals surface area (Å²) in [6.07, 6.45) is 7.76. The van der Waals surface area contributed by atoms with Gasteiger partial charge in [-0.05, 0) is 48.6 Å². The summed E-state index contributed by atoms with van der Waals surface area (Å²) in [5, 5.41) is 12.5. The summed E-state index contributed by atoms with van der Waals surface area (Å²) < 4.78 is 16.0. The number of halogens is 1. The molecule has 1 aromatic carbocycles. The molecular formula is C27H20FN7OS. The highest BCUT2D eigenvalue weighted by Gasteiger charge is 2.25. The molecule has 0 atom stereocenters. The van der Waals surface area contributed by atoms with Gasteiger partial charge in [0.2, 0.25) is 5.91 Å². The fourth-order valence-corrected chi connectivity index (χ4v) is 5.46. The van der Waals surface area contributed by atoms with E-state index in [9.17, 15) is 4.79 Å². The van der Waals surface area contributed by atoms with Gasteiger partial charge in [0.25, 0.3) is 0 Å². The number of hydrogen-bond donors (Lipinski definition) is 3. The molecule has 10 heteroatoms. The van der Waals surface area contributed by atoms with Gasteiger partial charge >= 0.3 is 0 Å². The van der Waals surface area contributed by atoms with Crippen molar-refractivity contribution < 1.29 is 9.18 Å². The fourth-order valence-electron chi connectivity index (χ4n) is 4.70. The van der Waals surface area contributed by atoms with Gasteiger partial charge in [-0.1, -0.05) is 12.5 Å². The molecule has 7 rings (SSSR count). The molecule has 0 saturated heterocycles. The maximum absolute atomic E-state index is 16.0. The number of thiophene rings is 1. The monoisotopic (exact) mass is 509 g/mol. The van der Waals surface area contributed by atoms with E-state index in [1.54, 1.807) is 48.1 Å². The average Bonchev–Trinajstić information content (AvgIpc) is 3.62. The first-order chi connectivity index (χ1) is 18.2. The molecule has 1 amide bonds. The Balaban J connectivity index is 1.30. The van der Waals surface area contributed by atoms with Crippen LogP contribution >= 0.6 is 11.3 Å². The number of aromatic amines is 2.